The highest BCUT2D eigenvalue weighted by molar-refractivity contribution is 5.96. The van der Waals surface area contributed by atoms with Gasteiger partial charge in [0.1, 0.15) is 0 Å². The maximum atomic E-state index is 11.4. The van der Waals surface area contributed by atoms with Gasteiger partial charge in [-0.05, 0) is 30.7 Å². The summed E-state index contributed by atoms with van der Waals surface area (Å²) in [7, 11) is 0. The van der Waals surface area contributed by atoms with Crippen molar-refractivity contribution in [3.05, 3.63) is 29.8 Å². The van der Waals surface area contributed by atoms with Crippen LogP contribution in [0.25, 0.3) is 0 Å². The van der Waals surface area contributed by atoms with Crippen molar-refractivity contribution in [1.82, 2.24) is 0 Å². The number of ketones is 1. The number of aliphatic carboxylic acids is 1. The summed E-state index contributed by atoms with van der Waals surface area (Å²) in [5.41, 5.74) is 1.62. The highest BCUT2D eigenvalue weighted by Crippen LogP contribution is 2.11. The first-order valence-corrected chi connectivity index (χ1v) is 5.72. The molecule has 0 radical (unpaired) electrons. The number of carboxylic acid groups (broad SMARTS) is 1. The lowest BCUT2D eigenvalue weighted by molar-refractivity contribution is -0.137. The Bertz CT molecular complexity index is 384. The van der Waals surface area contributed by atoms with E-state index in [0.717, 1.165) is 5.69 Å². The van der Waals surface area contributed by atoms with Gasteiger partial charge in [0.2, 0.25) is 0 Å². The minimum atomic E-state index is -0.782. The lowest BCUT2D eigenvalue weighted by atomic mass is 10.1. The quantitative estimate of drug-likeness (QED) is 0.563. The fourth-order valence-corrected chi connectivity index (χ4v) is 1.45. The molecule has 0 spiro atoms. The highest BCUT2D eigenvalue weighted by Gasteiger charge is 2.02. The van der Waals surface area contributed by atoms with Crippen LogP contribution in [0.3, 0.4) is 0 Å². The number of hydrogen-bond acceptors (Lipinski definition) is 3. The number of Topliss-reactive ketones (excluding diaryl/α,β-unsaturated/α-hetero) is 1. The van der Waals surface area contributed by atoms with Crippen LogP contribution in [-0.4, -0.2) is 23.4 Å². The number of carboxylic acids is 1. The van der Waals surface area contributed by atoms with Crippen molar-refractivity contribution < 1.29 is 14.7 Å². The van der Waals surface area contributed by atoms with Crippen molar-refractivity contribution >= 4 is 17.4 Å². The molecule has 1 aromatic carbocycles. The lowest BCUT2D eigenvalue weighted by Gasteiger charge is -2.06. The van der Waals surface area contributed by atoms with Crippen molar-refractivity contribution in [3.63, 3.8) is 0 Å². The Morgan fingerprint density at radius 3 is 2.41 bits per heavy atom. The van der Waals surface area contributed by atoms with Crippen LogP contribution in [0, 0.1) is 0 Å². The van der Waals surface area contributed by atoms with E-state index in [1.807, 2.05) is 19.1 Å². The molecule has 0 heterocycles. The molecule has 0 aromatic heterocycles. The molecule has 1 aromatic rings. The fourth-order valence-electron chi connectivity index (χ4n) is 1.45. The average Bonchev–Trinajstić information content (AvgIpc) is 2.34. The molecule has 0 atom stereocenters. The molecule has 17 heavy (non-hydrogen) atoms. The number of carbonyl (C=O) groups excluding carboxylic acids is 1. The first kappa shape index (κ1) is 13.2. The Kier molecular flexibility index (Phi) is 5.20. The largest absolute Gasteiger partial charge is 0.481 e. The van der Waals surface area contributed by atoms with Crippen molar-refractivity contribution in [1.29, 1.82) is 0 Å². The van der Waals surface area contributed by atoms with E-state index in [1.54, 1.807) is 12.1 Å². The molecule has 0 aliphatic carbocycles. The van der Waals surface area contributed by atoms with Crippen LogP contribution in [0.15, 0.2) is 24.3 Å². The van der Waals surface area contributed by atoms with Gasteiger partial charge in [-0.25, -0.2) is 0 Å². The Balaban J connectivity index is 2.40. The lowest BCUT2D eigenvalue weighted by Crippen LogP contribution is -2.05. The van der Waals surface area contributed by atoms with E-state index in [-0.39, 0.29) is 12.2 Å². The van der Waals surface area contributed by atoms with Gasteiger partial charge in [-0.15, -0.1) is 0 Å². The summed E-state index contributed by atoms with van der Waals surface area (Å²) in [5, 5.41) is 11.6. The molecular formula is C13H17NO3. The first-order valence-electron chi connectivity index (χ1n) is 5.72. The Morgan fingerprint density at radius 2 is 1.88 bits per heavy atom. The smallest absolute Gasteiger partial charge is 0.303 e. The van der Waals surface area contributed by atoms with Gasteiger partial charge < -0.3 is 10.4 Å². The zero-order chi connectivity index (χ0) is 12.7. The van der Waals surface area contributed by atoms with E-state index in [9.17, 15) is 9.59 Å². The topological polar surface area (TPSA) is 66.4 Å². The van der Waals surface area contributed by atoms with Gasteiger partial charge in [0, 0.05) is 30.6 Å². The summed E-state index contributed by atoms with van der Waals surface area (Å²) in [6.07, 6.45) is 1.26. The predicted molar refractivity (Wildman–Crippen MR) is 66.4 cm³/mol. The molecule has 4 nitrogen and oxygen atoms in total. The van der Waals surface area contributed by atoms with Crippen LogP contribution in [0.5, 0.6) is 0 Å². The SMILES string of the molecule is CCC(=O)c1ccc(NCCCC(=O)O)cc1. The third-order valence-electron chi connectivity index (χ3n) is 2.42. The van der Waals surface area contributed by atoms with Crippen LogP contribution in [0.1, 0.15) is 36.5 Å². The molecule has 0 aliphatic rings. The van der Waals surface area contributed by atoms with Crippen LogP contribution in [0.4, 0.5) is 5.69 Å². The second-order valence-electron chi connectivity index (χ2n) is 3.78. The molecule has 4 heteroatoms. The zero-order valence-electron chi connectivity index (χ0n) is 9.90. The van der Waals surface area contributed by atoms with Crippen molar-refractivity contribution in [3.8, 4) is 0 Å². The summed E-state index contributed by atoms with van der Waals surface area (Å²) in [6, 6.07) is 7.24. The number of hydrogen-bond donors (Lipinski definition) is 2. The van der Waals surface area contributed by atoms with Gasteiger partial charge in [0.15, 0.2) is 5.78 Å². The van der Waals surface area contributed by atoms with Gasteiger partial charge in [-0.2, -0.15) is 0 Å². The minimum Gasteiger partial charge on any atom is -0.481 e. The molecule has 0 saturated heterocycles. The van der Waals surface area contributed by atoms with Crippen molar-refractivity contribution in [2.45, 2.75) is 26.2 Å². The van der Waals surface area contributed by atoms with E-state index < -0.39 is 5.97 Å². The molecule has 0 saturated carbocycles. The molecule has 92 valence electrons. The third kappa shape index (κ3) is 4.68. The van der Waals surface area contributed by atoms with Crippen LogP contribution >= 0.6 is 0 Å². The van der Waals surface area contributed by atoms with E-state index in [1.165, 1.54) is 0 Å². The second-order valence-corrected chi connectivity index (χ2v) is 3.78. The summed E-state index contributed by atoms with van der Waals surface area (Å²) in [4.78, 5) is 21.7. The maximum absolute atomic E-state index is 11.4. The molecular weight excluding hydrogens is 218 g/mol. The van der Waals surface area contributed by atoms with Crippen LogP contribution in [-0.2, 0) is 4.79 Å². The van der Waals surface area contributed by atoms with Crippen molar-refractivity contribution in [2.24, 2.45) is 0 Å². The van der Waals surface area contributed by atoms with Crippen LogP contribution < -0.4 is 5.32 Å². The van der Waals surface area contributed by atoms with Gasteiger partial charge in [-0.3, -0.25) is 9.59 Å². The maximum Gasteiger partial charge on any atom is 0.303 e. The summed E-state index contributed by atoms with van der Waals surface area (Å²) in [5.74, 6) is -0.655. The zero-order valence-corrected chi connectivity index (χ0v) is 9.90. The normalized spacial score (nSPS) is 9.94. The monoisotopic (exact) mass is 235 g/mol. The average molecular weight is 235 g/mol. The van der Waals surface area contributed by atoms with Crippen LogP contribution in [0.2, 0.25) is 0 Å². The van der Waals surface area contributed by atoms with E-state index in [4.69, 9.17) is 5.11 Å². The predicted octanol–water partition coefficient (Wildman–Crippen LogP) is 2.56. The Hall–Kier alpha value is -1.84. The van der Waals surface area contributed by atoms with Gasteiger partial charge in [0.25, 0.3) is 0 Å². The van der Waals surface area contributed by atoms with E-state index in [2.05, 4.69) is 5.32 Å². The van der Waals surface area contributed by atoms with Gasteiger partial charge in [-0.1, -0.05) is 6.92 Å². The molecule has 0 amide bonds. The Labute approximate surface area is 101 Å². The molecule has 0 aliphatic heterocycles. The fraction of sp³-hybridized carbons (Fsp3) is 0.385. The number of rotatable bonds is 7. The van der Waals surface area contributed by atoms with E-state index in [0.29, 0.717) is 24.9 Å². The van der Waals surface area contributed by atoms with Gasteiger partial charge in [0.05, 0.1) is 0 Å². The summed E-state index contributed by atoms with van der Waals surface area (Å²) < 4.78 is 0. The number of anilines is 1. The number of nitrogens with one attached hydrogen (secondary N) is 1. The Morgan fingerprint density at radius 1 is 1.24 bits per heavy atom. The molecule has 1 rings (SSSR count). The summed E-state index contributed by atoms with van der Waals surface area (Å²) in [6.45, 7) is 2.45. The van der Waals surface area contributed by atoms with Crippen molar-refractivity contribution in [2.75, 3.05) is 11.9 Å². The molecule has 0 fully saturated rings. The second kappa shape index (κ2) is 6.68. The third-order valence-corrected chi connectivity index (χ3v) is 2.42. The molecule has 2 N–H and O–H groups in total. The standard InChI is InChI=1S/C13H17NO3/c1-2-12(15)10-5-7-11(8-6-10)14-9-3-4-13(16)17/h5-8,14H,2-4,9H2,1H3,(H,16,17). The molecule has 0 bridgehead atoms. The van der Waals surface area contributed by atoms with Gasteiger partial charge >= 0.3 is 5.97 Å². The first-order chi connectivity index (χ1) is 8.13. The minimum absolute atomic E-state index is 0.127. The van der Waals surface area contributed by atoms with E-state index >= 15 is 0 Å². The summed E-state index contributed by atoms with van der Waals surface area (Å²) >= 11 is 0. The number of carbonyl (C=O) groups is 2. The molecule has 0 unspecified atom stereocenters. The number of benzene rings is 1. The highest BCUT2D eigenvalue weighted by atomic mass is 16.4.